The number of ether oxygens (including phenoxy) is 2. The van der Waals surface area contributed by atoms with E-state index >= 15 is 0 Å². The third-order valence-corrected chi connectivity index (χ3v) is 4.73. The van der Waals surface area contributed by atoms with Crippen LogP contribution in [0.5, 0.6) is 5.75 Å². The monoisotopic (exact) mass is 400 g/mol. The van der Waals surface area contributed by atoms with Crippen molar-refractivity contribution in [2.45, 2.75) is 52.2 Å². The zero-order valence-corrected chi connectivity index (χ0v) is 17.4. The van der Waals surface area contributed by atoms with Crippen molar-refractivity contribution in [1.82, 2.24) is 14.7 Å². The first kappa shape index (κ1) is 20.7. The van der Waals surface area contributed by atoms with Crippen molar-refractivity contribution in [1.29, 1.82) is 0 Å². The molecule has 3 rings (SSSR count). The number of fused-ring (bicyclic) bond motifs is 1. The van der Waals surface area contributed by atoms with Crippen molar-refractivity contribution < 1.29 is 19.1 Å². The summed E-state index contributed by atoms with van der Waals surface area (Å²) in [6.07, 6.45) is 0.988. The standard InChI is InChI=1S/C21H28N4O4/c1-21(2,3)29-20(27)24-11-10-16-17(13-24)23-25(19(16)22)18(26)9-8-14-6-5-7-15(12-14)28-4/h5-7,12H,8-11,13,22H2,1-4H3. The molecule has 2 N–H and O–H groups in total. The SMILES string of the molecule is COc1cccc(CCC(=O)n2nc3c(c2N)CCN(C(=O)OC(C)(C)C)C3)c1. The lowest BCUT2D eigenvalue weighted by molar-refractivity contribution is 0.0221. The highest BCUT2D eigenvalue weighted by Gasteiger charge is 2.30. The van der Waals surface area contributed by atoms with Crippen molar-refractivity contribution in [2.24, 2.45) is 0 Å². The van der Waals surface area contributed by atoms with Gasteiger partial charge in [-0.2, -0.15) is 9.78 Å². The fourth-order valence-electron chi connectivity index (χ4n) is 3.27. The van der Waals surface area contributed by atoms with E-state index in [1.54, 1.807) is 12.0 Å². The van der Waals surface area contributed by atoms with Crippen LogP contribution in [0, 0.1) is 0 Å². The van der Waals surface area contributed by atoms with Crippen LogP contribution in [0.15, 0.2) is 24.3 Å². The molecule has 0 fully saturated rings. The molecule has 1 aromatic heterocycles. The molecule has 1 aliphatic rings. The number of aromatic nitrogens is 2. The lowest BCUT2D eigenvalue weighted by Gasteiger charge is -2.29. The minimum atomic E-state index is -0.564. The summed E-state index contributed by atoms with van der Waals surface area (Å²) in [5, 5.41) is 4.39. The normalized spacial score (nSPS) is 13.7. The van der Waals surface area contributed by atoms with Crippen molar-refractivity contribution in [3.05, 3.63) is 41.1 Å². The largest absolute Gasteiger partial charge is 0.497 e. The topological polar surface area (TPSA) is 99.7 Å². The van der Waals surface area contributed by atoms with Crippen LogP contribution in [0.3, 0.4) is 0 Å². The van der Waals surface area contributed by atoms with Crippen LogP contribution in [0.1, 0.15) is 48.8 Å². The Kier molecular flexibility index (Phi) is 5.81. The maximum absolute atomic E-state index is 12.7. The fourth-order valence-corrected chi connectivity index (χ4v) is 3.27. The molecule has 0 saturated carbocycles. The number of hydrogen-bond acceptors (Lipinski definition) is 6. The molecule has 0 saturated heterocycles. The minimum Gasteiger partial charge on any atom is -0.497 e. The Hall–Kier alpha value is -3.03. The molecule has 2 aromatic rings. The minimum absolute atomic E-state index is 0.177. The molecule has 0 atom stereocenters. The number of hydrogen-bond donors (Lipinski definition) is 1. The van der Waals surface area contributed by atoms with E-state index in [4.69, 9.17) is 15.2 Å². The average Bonchev–Trinajstić information content (AvgIpc) is 3.01. The number of amides is 1. The predicted molar refractivity (Wildman–Crippen MR) is 109 cm³/mol. The summed E-state index contributed by atoms with van der Waals surface area (Å²) in [6, 6.07) is 7.61. The number of carbonyl (C=O) groups excluding carboxylic acids is 2. The first-order valence-corrected chi connectivity index (χ1v) is 9.68. The van der Waals surface area contributed by atoms with Gasteiger partial charge in [0.25, 0.3) is 0 Å². The van der Waals surface area contributed by atoms with E-state index in [0.717, 1.165) is 16.9 Å². The predicted octanol–water partition coefficient (Wildman–Crippen LogP) is 3.04. The summed E-state index contributed by atoms with van der Waals surface area (Å²) in [7, 11) is 1.61. The number of nitrogen functional groups attached to an aromatic ring is 1. The number of nitrogens with zero attached hydrogens (tertiary/aromatic N) is 3. The highest BCUT2D eigenvalue weighted by Crippen LogP contribution is 2.25. The van der Waals surface area contributed by atoms with Crippen LogP contribution in [0.4, 0.5) is 10.6 Å². The van der Waals surface area contributed by atoms with Gasteiger partial charge in [-0.3, -0.25) is 4.79 Å². The first-order chi connectivity index (χ1) is 13.7. The fraction of sp³-hybridized carbons (Fsp3) is 0.476. The Labute approximate surface area is 170 Å². The Balaban J connectivity index is 1.68. The number of rotatable bonds is 4. The molecule has 0 bridgehead atoms. The second kappa shape index (κ2) is 8.14. The molecule has 1 aliphatic heterocycles. The summed E-state index contributed by atoms with van der Waals surface area (Å²) < 4.78 is 11.9. The smallest absolute Gasteiger partial charge is 0.410 e. The summed E-state index contributed by atoms with van der Waals surface area (Å²) in [4.78, 5) is 26.6. The Bertz CT molecular complexity index is 914. The summed E-state index contributed by atoms with van der Waals surface area (Å²) in [5.41, 5.74) is 8.11. The van der Waals surface area contributed by atoms with Gasteiger partial charge in [0.1, 0.15) is 17.2 Å². The number of carbonyl (C=O) groups is 2. The number of nitrogens with two attached hydrogens (primary N) is 1. The van der Waals surface area contributed by atoms with E-state index < -0.39 is 5.60 Å². The zero-order valence-electron chi connectivity index (χ0n) is 17.4. The van der Waals surface area contributed by atoms with Gasteiger partial charge < -0.3 is 20.1 Å². The van der Waals surface area contributed by atoms with Gasteiger partial charge in [0.15, 0.2) is 0 Å². The Morgan fingerprint density at radius 3 is 2.72 bits per heavy atom. The van der Waals surface area contributed by atoms with Crippen LogP contribution in [0.25, 0.3) is 0 Å². The summed E-state index contributed by atoms with van der Waals surface area (Å²) in [6.45, 7) is 6.25. The molecule has 0 unspecified atom stereocenters. The van der Waals surface area contributed by atoms with Crippen LogP contribution in [-0.2, 0) is 24.1 Å². The van der Waals surface area contributed by atoms with Crippen LogP contribution in [0.2, 0.25) is 0 Å². The van der Waals surface area contributed by atoms with Gasteiger partial charge in [0.05, 0.1) is 19.3 Å². The number of methoxy groups -OCH3 is 1. The highest BCUT2D eigenvalue weighted by molar-refractivity contribution is 5.82. The Morgan fingerprint density at radius 2 is 2.03 bits per heavy atom. The quantitative estimate of drug-likeness (QED) is 0.847. The second-order valence-electron chi connectivity index (χ2n) is 8.12. The lowest BCUT2D eigenvalue weighted by atomic mass is 10.1. The van der Waals surface area contributed by atoms with Gasteiger partial charge in [-0.15, -0.1) is 0 Å². The van der Waals surface area contributed by atoms with Crippen LogP contribution < -0.4 is 10.5 Å². The molecular weight excluding hydrogens is 372 g/mol. The molecular formula is C21H28N4O4. The average molecular weight is 400 g/mol. The zero-order chi connectivity index (χ0) is 21.2. The number of aryl methyl sites for hydroxylation is 1. The van der Waals surface area contributed by atoms with Crippen molar-refractivity contribution in [3.63, 3.8) is 0 Å². The maximum Gasteiger partial charge on any atom is 0.410 e. The molecule has 0 aliphatic carbocycles. The molecule has 156 valence electrons. The number of benzene rings is 1. The van der Waals surface area contributed by atoms with Gasteiger partial charge >= 0.3 is 6.09 Å². The molecule has 8 heteroatoms. The van der Waals surface area contributed by atoms with E-state index in [-0.39, 0.29) is 25.0 Å². The Morgan fingerprint density at radius 1 is 1.28 bits per heavy atom. The highest BCUT2D eigenvalue weighted by atomic mass is 16.6. The molecule has 0 spiro atoms. The number of anilines is 1. The molecule has 2 heterocycles. The van der Waals surface area contributed by atoms with Gasteiger partial charge in [0, 0.05) is 18.5 Å². The van der Waals surface area contributed by atoms with E-state index in [1.807, 2.05) is 45.0 Å². The van der Waals surface area contributed by atoms with E-state index in [0.29, 0.717) is 30.9 Å². The van der Waals surface area contributed by atoms with Crippen molar-refractivity contribution >= 4 is 17.8 Å². The van der Waals surface area contributed by atoms with Gasteiger partial charge in [0.2, 0.25) is 5.91 Å². The summed E-state index contributed by atoms with van der Waals surface area (Å²) >= 11 is 0. The second-order valence-corrected chi connectivity index (χ2v) is 8.12. The van der Waals surface area contributed by atoms with E-state index in [2.05, 4.69) is 5.10 Å². The molecule has 1 amide bonds. The molecule has 8 nitrogen and oxygen atoms in total. The van der Waals surface area contributed by atoms with Crippen LogP contribution in [-0.4, -0.2) is 45.9 Å². The van der Waals surface area contributed by atoms with Gasteiger partial charge in [-0.25, -0.2) is 4.79 Å². The maximum atomic E-state index is 12.7. The third-order valence-electron chi connectivity index (χ3n) is 4.73. The first-order valence-electron chi connectivity index (χ1n) is 9.68. The van der Waals surface area contributed by atoms with E-state index in [1.165, 1.54) is 4.68 Å². The van der Waals surface area contributed by atoms with Crippen molar-refractivity contribution in [2.75, 3.05) is 19.4 Å². The third kappa shape index (κ3) is 4.88. The molecule has 0 radical (unpaired) electrons. The molecule has 1 aromatic carbocycles. The van der Waals surface area contributed by atoms with Crippen molar-refractivity contribution in [3.8, 4) is 5.75 Å². The van der Waals surface area contributed by atoms with E-state index in [9.17, 15) is 9.59 Å². The summed E-state index contributed by atoms with van der Waals surface area (Å²) in [5.74, 6) is 0.939. The lowest BCUT2D eigenvalue weighted by Crippen LogP contribution is -2.39. The van der Waals surface area contributed by atoms with Crippen LogP contribution >= 0.6 is 0 Å². The van der Waals surface area contributed by atoms with Gasteiger partial charge in [-0.05, 0) is 51.3 Å². The van der Waals surface area contributed by atoms with Gasteiger partial charge in [-0.1, -0.05) is 12.1 Å². The molecule has 29 heavy (non-hydrogen) atoms.